The second-order valence-electron chi connectivity index (χ2n) is 10.9. The SMILES string of the molecule is CCCCOCC(CC1CCCCC1)OCc1ccc(C(=O)N[C@@H](CCSC)C(=O)[O-])c(-c2ccccc2C)c1.[Li+]. The maximum atomic E-state index is 13.3. The Labute approximate surface area is 262 Å². The first-order chi connectivity index (χ1) is 19.4. The third-order valence-corrected chi connectivity index (χ3v) is 8.36. The van der Waals surface area contributed by atoms with Gasteiger partial charge in [0.05, 0.1) is 31.3 Å². The quantitative estimate of drug-likeness (QED) is 0.231. The number of ether oxygens (including phenoxy) is 2. The number of carboxylic acids is 1. The van der Waals surface area contributed by atoms with Crippen LogP contribution >= 0.6 is 11.8 Å². The van der Waals surface area contributed by atoms with E-state index in [1.165, 1.54) is 43.9 Å². The van der Waals surface area contributed by atoms with E-state index in [4.69, 9.17) is 9.47 Å². The number of unbranched alkanes of at least 4 members (excludes halogenated alkanes) is 1. The second-order valence-corrected chi connectivity index (χ2v) is 11.9. The first kappa shape index (κ1) is 35.4. The molecule has 2 atom stereocenters. The number of rotatable bonds is 17. The molecule has 0 saturated heterocycles. The summed E-state index contributed by atoms with van der Waals surface area (Å²) in [6.07, 6.45) is 11.9. The van der Waals surface area contributed by atoms with Gasteiger partial charge in [0.2, 0.25) is 0 Å². The van der Waals surface area contributed by atoms with Crippen LogP contribution in [0, 0.1) is 12.8 Å². The molecule has 0 heterocycles. The number of benzene rings is 2. The molecule has 1 aliphatic carbocycles. The van der Waals surface area contributed by atoms with E-state index in [1.807, 2.05) is 49.6 Å². The van der Waals surface area contributed by atoms with Gasteiger partial charge < -0.3 is 24.7 Å². The fourth-order valence-corrected chi connectivity index (χ4v) is 5.82. The van der Waals surface area contributed by atoms with Crippen LogP contribution in [0.25, 0.3) is 11.1 Å². The summed E-state index contributed by atoms with van der Waals surface area (Å²) in [7, 11) is 0. The number of nitrogens with one attached hydrogen (secondary N) is 1. The molecule has 6 nitrogen and oxygen atoms in total. The van der Waals surface area contributed by atoms with Crippen molar-refractivity contribution in [1.29, 1.82) is 0 Å². The number of aliphatic carboxylic acids is 1. The maximum absolute atomic E-state index is 13.3. The van der Waals surface area contributed by atoms with Crippen LogP contribution in [0.1, 0.15) is 86.2 Å². The summed E-state index contributed by atoms with van der Waals surface area (Å²) in [6, 6.07) is 12.6. The van der Waals surface area contributed by atoms with Crippen LogP contribution < -0.4 is 29.3 Å². The minimum atomic E-state index is -1.27. The topological polar surface area (TPSA) is 87.7 Å². The summed E-state index contributed by atoms with van der Waals surface area (Å²) in [5.41, 5.74) is 4.14. The number of carbonyl (C=O) groups excluding carboxylic acids is 2. The minimum absolute atomic E-state index is 0. The fraction of sp³-hybridized carbons (Fsp3) is 0.576. The van der Waals surface area contributed by atoms with Crippen molar-refractivity contribution in [2.45, 2.75) is 90.4 Å². The molecule has 1 saturated carbocycles. The van der Waals surface area contributed by atoms with Crippen molar-refractivity contribution in [3.63, 3.8) is 0 Å². The number of carboxylic acid groups (broad SMARTS) is 1. The molecule has 1 unspecified atom stereocenters. The number of aryl methyl sites for hydroxylation is 1. The van der Waals surface area contributed by atoms with E-state index >= 15 is 0 Å². The Morgan fingerprint density at radius 2 is 1.85 bits per heavy atom. The van der Waals surface area contributed by atoms with Gasteiger partial charge in [0.1, 0.15) is 0 Å². The van der Waals surface area contributed by atoms with Crippen LogP contribution in [0.15, 0.2) is 42.5 Å². The molecule has 8 heteroatoms. The third kappa shape index (κ3) is 11.8. The number of carbonyl (C=O) groups is 2. The molecule has 1 aliphatic rings. The van der Waals surface area contributed by atoms with E-state index in [1.54, 1.807) is 6.07 Å². The van der Waals surface area contributed by atoms with E-state index < -0.39 is 17.9 Å². The summed E-state index contributed by atoms with van der Waals surface area (Å²) in [4.78, 5) is 25.0. The zero-order valence-corrected chi connectivity index (χ0v) is 26.2. The average molecular weight is 576 g/mol. The van der Waals surface area contributed by atoms with Gasteiger partial charge in [-0.25, -0.2) is 0 Å². The molecule has 0 radical (unpaired) electrons. The van der Waals surface area contributed by atoms with Gasteiger partial charge in [-0.3, -0.25) is 4.79 Å². The Hall–Kier alpha value is -1.75. The molecule has 0 aliphatic heterocycles. The molecular formula is C33H46LiNO5S. The van der Waals surface area contributed by atoms with Gasteiger partial charge in [-0.05, 0) is 78.5 Å². The van der Waals surface area contributed by atoms with Gasteiger partial charge in [-0.15, -0.1) is 0 Å². The first-order valence-electron chi connectivity index (χ1n) is 14.8. The molecule has 0 bridgehead atoms. The fourth-order valence-electron chi connectivity index (χ4n) is 5.35. The van der Waals surface area contributed by atoms with E-state index in [0.29, 0.717) is 36.9 Å². The van der Waals surface area contributed by atoms with Crippen molar-refractivity contribution in [3.8, 4) is 11.1 Å². The van der Waals surface area contributed by atoms with E-state index in [0.717, 1.165) is 48.1 Å². The molecule has 0 spiro atoms. The minimum Gasteiger partial charge on any atom is -0.548 e. The van der Waals surface area contributed by atoms with Crippen LogP contribution in [-0.2, 0) is 20.9 Å². The van der Waals surface area contributed by atoms with Crippen LogP contribution in [0.5, 0.6) is 0 Å². The van der Waals surface area contributed by atoms with Crippen molar-refractivity contribution in [2.24, 2.45) is 5.92 Å². The standard InChI is InChI=1S/C33H47NO5S.Li/c1-4-5-18-38-23-27(20-25-12-7-6-8-13-25)39-22-26-15-16-29(30(21-26)28-14-10-9-11-24(28)2)32(35)34-31(33(36)37)17-19-40-3;/h9-11,14-16,21,25,27,31H,4-8,12-13,17-20,22-23H2,1-3H3,(H,34,35)(H,36,37);/q;+1/p-1/t27?,31-;/m0./s1. The van der Waals surface area contributed by atoms with Gasteiger partial charge in [-0.1, -0.05) is 75.8 Å². The van der Waals surface area contributed by atoms with Crippen LogP contribution in [0.4, 0.5) is 0 Å². The molecule has 220 valence electrons. The van der Waals surface area contributed by atoms with Gasteiger partial charge in [0.15, 0.2) is 0 Å². The van der Waals surface area contributed by atoms with E-state index in [-0.39, 0.29) is 25.0 Å². The molecule has 0 aromatic heterocycles. The van der Waals surface area contributed by atoms with Crippen LogP contribution in [0.3, 0.4) is 0 Å². The number of hydrogen-bond acceptors (Lipinski definition) is 6. The van der Waals surface area contributed by atoms with Gasteiger partial charge in [0.25, 0.3) is 5.91 Å². The zero-order valence-electron chi connectivity index (χ0n) is 25.4. The summed E-state index contributed by atoms with van der Waals surface area (Å²) < 4.78 is 12.4. The molecule has 3 rings (SSSR count). The molecule has 1 amide bonds. The Balaban J connectivity index is 0.00000588. The van der Waals surface area contributed by atoms with Crippen molar-refractivity contribution < 1.29 is 43.0 Å². The Morgan fingerprint density at radius 1 is 1.10 bits per heavy atom. The van der Waals surface area contributed by atoms with E-state index in [9.17, 15) is 14.7 Å². The average Bonchev–Trinajstić information content (AvgIpc) is 2.96. The maximum Gasteiger partial charge on any atom is 1.00 e. The predicted octanol–water partition coefficient (Wildman–Crippen LogP) is 2.94. The predicted molar refractivity (Wildman–Crippen MR) is 161 cm³/mol. The molecule has 1 fully saturated rings. The summed E-state index contributed by atoms with van der Waals surface area (Å²) >= 11 is 1.53. The van der Waals surface area contributed by atoms with Crippen molar-refractivity contribution in [2.75, 3.05) is 25.2 Å². The third-order valence-electron chi connectivity index (χ3n) is 7.72. The molecule has 2 aromatic rings. The van der Waals surface area contributed by atoms with Crippen LogP contribution in [-0.4, -0.2) is 49.2 Å². The van der Waals surface area contributed by atoms with Crippen LogP contribution in [0.2, 0.25) is 0 Å². The molecule has 1 N–H and O–H groups in total. The largest absolute Gasteiger partial charge is 1.00 e. The Bertz CT molecular complexity index is 1080. The van der Waals surface area contributed by atoms with Gasteiger partial charge in [0, 0.05) is 12.2 Å². The number of hydrogen-bond donors (Lipinski definition) is 1. The first-order valence-corrected chi connectivity index (χ1v) is 16.2. The van der Waals surface area contributed by atoms with E-state index in [2.05, 4.69) is 12.2 Å². The summed E-state index contributed by atoms with van der Waals surface area (Å²) in [5, 5.41) is 14.4. The Kier molecular flexibility index (Phi) is 16.8. The van der Waals surface area contributed by atoms with Crippen molar-refractivity contribution in [3.05, 3.63) is 59.2 Å². The Morgan fingerprint density at radius 3 is 2.54 bits per heavy atom. The smallest absolute Gasteiger partial charge is 0.548 e. The van der Waals surface area contributed by atoms with Gasteiger partial charge in [-0.2, -0.15) is 11.8 Å². The summed E-state index contributed by atoms with van der Waals surface area (Å²) in [5.74, 6) is -0.384. The molecular weight excluding hydrogens is 529 g/mol. The van der Waals surface area contributed by atoms with Crippen molar-refractivity contribution >= 4 is 23.6 Å². The second kappa shape index (κ2) is 19.4. The molecule has 2 aromatic carbocycles. The van der Waals surface area contributed by atoms with Crippen molar-refractivity contribution in [1.82, 2.24) is 5.32 Å². The summed E-state index contributed by atoms with van der Waals surface area (Å²) in [6.45, 7) is 5.95. The molecule has 41 heavy (non-hydrogen) atoms. The normalized spacial score (nSPS) is 15.1. The van der Waals surface area contributed by atoms with Gasteiger partial charge >= 0.3 is 18.9 Å². The zero-order chi connectivity index (χ0) is 28.7. The monoisotopic (exact) mass is 575 g/mol. The number of amides is 1. The number of thioether (sulfide) groups is 1.